The summed E-state index contributed by atoms with van der Waals surface area (Å²) in [4.78, 5) is 13.9. The molecule has 0 aromatic carbocycles. The van der Waals surface area contributed by atoms with Crippen molar-refractivity contribution in [1.82, 2.24) is 4.90 Å². The van der Waals surface area contributed by atoms with Crippen molar-refractivity contribution < 1.29 is 9.53 Å². The maximum absolute atomic E-state index is 12.0. The lowest BCUT2D eigenvalue weighted by molar-refractivity contribution is 0.0160. The lowest BCUT2D eigenvalue weighted by Gasteiger charge is -2.34. The van der Waals surface area contributed by atoms with Crippen LogP contribution in [0.25, 0.3) is 0 Å². The summed E-state index contributed by atoms with van der Waals surface area (Å²) in [6, 6.07) is 0.450. The average Bonchev–Trinajstić information content (AvgIpc) is 3.01. The molecule has 0 spiro atoms. The number of amides is 1. The summed E-state index contributed by atoms with van der Waals surface area (Å²) >= 11 is 0. The lowest BCUT2D eigenvalue weighted by atomic mass is 9.92. The molecule has 2 N–H and O–H groups in total. The van der Waals surface area contributed by atoms with Crippen LogP contribution >= 0.6 is 0 Å². The topological polar surface area (TPSA) is 55.6 Å². The molecular weight excluding hydrogens is 240 g/mol. The quantitative estimate of drug-likeness (QED) is 0.856. The maximum Gasteiger partial charge on any atom is 0.410 e. The highest BCUT2D eigenvalue weighted by molar-refractivity contribution is 5.68. The molecule has 1 unspecified atom stereocenters. The summed E-state index contributed by atoms with van der Waals surface area (Å²) in [7, 11) is 0. The fourth-order valence-corrected chi connectivity index (χ4v) is 2.85. The molecular formula is C15H28N2O2. The molecule has 1 aliphatic heterocycles. The average molecular weight is 268 g/mol. The summed E-state index contributed by atoms with van der Waals surface area (Å²) < 4.78 is 5.45. The Hall–Kier alpha value is -0.770. The smallest absolute Gasteiger partial charge is 0.410 e. The molecule has 110 valence electrons. The van der Waals surface area contributed by atoms with Gasteiger partial charge in [0.1, 0.15) is 5.60 Å². The van der Waals surface area contributed by atoms with E-state index in [1.54, 1.807) is 0 Å². The van der Waals surface area contributed by atoms with Crippen LogP contribution in [-0.4, -0.2) is 35.7 Å². The van der Waals surface area contributed by atoms with E-state index in [-0.39, 0.29) is 6.09 Å². The number of piperidine rings is 1. The van der Waals surface area contributed by atoms with E-state index in [4.69, 9.17) is 10.5 Å². The lowest BCUT2D eigenvalue weighted by Crippen LogP contribution is -2.42. The molecule has 4 nitrogen and oxygen atoms in total. The van der Waals surface area contributed by atoms with Crippen molar-refractivity contribution in [2.45, 2.75) is 64.5 Å². The van der Waals surface area contributed by atoms with Crippen LogP contribution in [0.1, 0.15) is 52.9 Å². The molecule has 1 heterocycles. The molecule has 0 radical (unpaired) electrons. The summed E-state index contributed by atoms with van der Waals surface area (Å²) in [5.41, 5.74) is 5.44. The molecule has 0 bridgehead atoms. The van der Waals surface area contributed by atoms with Crippen molar-refractivity contribution in [1.29, 1.82) is 0 Å². The molecule has 1 saturated carbocycles. The Labute approximate surface area is 116 Å². The van der Waals surface area contributed by atoms with Crippen molar-refractivity contribution in [2.24, 2.45) is 17.6 Å². The fourth-order valence-electron chi connectivity index (χ4n) is 2.85. The van der Waals surface area contributed by atoms with E-state index >= 15 is 0 Å². The van der Waals surface area contributed by atoms with Crippen LogP contribution in [0.2, 0.25) is 0 Å². The molecule has 1 saturated heterocycles. The van der Waals surface area contributed by atoms with Crippen LogP contribution in [0.4, 0.5) is 4.79 Å². The monoisotopic (exact) mass is 268 g/mol. The Morgan fingerprint density at radius 2 is 2.05 bits per heavy atom. The number of hydrogen-bond acceptors (Lipinski definition) is 3. The Morgan fingerprint density at radius 3 is 2.63 bits per heavy atom. The Morgan fingerprint density at radius 1 is 1.37 bits per heavy atom. The van der Waals surface area contributed by atoms with E-state index in [1.807, 2.05) is 25.7 Å². The molecule has 0 aromatic heterocycles. The van der Waals surface area contributed by atoms with Gasteiger partial charge in [0, 0.05) is 19.1 Å². The second-order valence-corrected chi connectivity index (χ2v) is 7.17. The highest BCUT2D eigenvalue weighted by Crippen LogP contribution is 2.35. The highest BCUT2D eigenvalue weighted by atomic mass is 16.6. The molecule has 2 rings (SSSR count). The number of carbonyl (C=O) groups excluding carboxylic acids is 1. The van der Waals surface area contributed by atoms with Crippen molar-refractivity contribution in [3.63, 3.8) is 0 Å². The third-order valence-electron chi connectivity index (χ3n) is 4.09. The first-order chi connectivity index (χ1) is 8.85. The highest BCUT2D eigenvalue weighted by Gasteiger charge is 2.34. The SMILES string of the molecule is CC(C)(C)OC(=O)N1CCCC(CC[C@@H]2C[C@H]2N)C1. The Balaban J connectivity index is 1.74. The van der Waals surface area contributed by atoms with Crippen LogP contribution in [0, 0.1) is 11.8 Å². The first-order valence-electron chi connectivity index (χ1n) is 7.58. The van der Waals surface area contributed by atoms with Gasteiger partial charge in [-0.05, 0) is 64.7 Å². The van der Waals surface area contributed by atoms with Crippen molar-refractivity contribution in [3.05, 3.63) is 0 Å². The predicted octanol–water partition coefficient (Wildman–Crippen LogP) is 2.76. The molecule has 1 aliphatic carbocycles. The second-order valence-electron chi connectivity index (χ2n) is 7.17. The fraction of sp³-hybridized carbons (Fsp3) is 0.933. The van der Waals surface area contributed by atoms with Gasteiger partial charge < -0.3 is 15.4 Å². The summed E-state index contributed by atoms with van der Waals surface area (Å²) in [5, 5.41) is 0. The minimum absolute atomic E-state index is 0.152. The Bertz CT molecular complexity index is 325. The van der Waals surface area contributed by atoms with E-state index < -0.39 is 5.60 Å². The predicted molar refractivity (Wildman–Crippen MR) is 75.8 cm³/mol. The van der Waals surface area contributed by atoms with Crippen LogP contribution in [0.3, 0.4) is 0 Å². The van der Waals surface area contributed by atoms with Crippen molar-refractivity contribution in [2.75, 3.05) is 13.1 Å². The van der Waals surface area contributed by atoms with E-state index in [0.717, 1.165) is 25.4 Å². The van der Waals surface area contributed by atoms with Gasteiger partial charge in [-0.25, -0.2) is 4.79 Å². The largest absolute Gasteiger partial charge is 0.444 e. The first-order valence-corrected chi connectivity index (χ1v) is 7.58. The Kier molecular flexibility index (Phi) is 4.39. The van der Waals surface area contributed by atoms with Crippen molar-refractivity contribution in [3.8, 4) is 0 Å². The number of rotatable bonds is 3. The van der Waals surface area contributed by atoms with Gasteiger partial charge in [0.05, 0.1) is 0 Å². The van der Waals surface area contributed by atoms with Crippen LogP contribution in [0.15, 0.2) is 0 Å². The van der Waals surface area contributed by atoms with Crippen LogP contribution < -0.4 is 5.73 Å². The van der Waals surface area contributed by atoms with Gasteiger partial charge in [-0.15, -0.1) is 0 Å². The number of ether oxygens (including phenoxy) is 1. The van der Waals surface area contributed by atoms with E-state index in [1.165, 1.54) is 25.7 Å². The number of carbonyl (C=O) groups is 1. The van der Waals surface area contributed by atoms with Gasteiger partial charge in [-0.2, -0.15) is 0 Å². The number of nitrogens with zero attached hydrogens (tertiary/aromatic N) is 1. The minimum Gasteiger partial charge on any atom is -0.444 e. The third-order valence-corrected chi connectivity index (χ3v) is 4.09. The second kappa shape index (κ2) is 5.70. The van der Waals surface area contributed by atoms with Gasteiger partial charge in [-0.1, -0.05) is 0 Å². The van der Waals surface area contributed by atoms with Gasteiger partial charge in [0.2, 0.25) is 0 Å². The normalized spacial score (nSPS) is 31.2. The molecule has 19 heavy (non-hydrogen) atoms. The molecule has 2 fully saturated rings. The van der Waals surface area contributed by atoms with Gasteiger partial charge in [-0.3, -0.25) is 0 Å². The zero-order chi connectivity index (χ0) is 14.0. The van der Waals surface area contributed by atoms with E-state index in [9.17, 15) is 4.79 Å². The van der Waals surface area contributed by atoms with Crippen LogP contribution in [-0.2, 0) is 4.74 Å². The number of nitrogens with two attached hydrogens (primary N) is 1. The van der Waals surface area contributed by atoms with Crippen LogP contribution in [0.5, 0.6) is 0 Å². The molecule has 3 atom stereocenters. The summed E-state index contributed by atoms with van der Waals surface area (Å²) in [6.07, 6.45) is 5.82. The zero-order valence-electron chi connectivity index (χ0n) is 12.5. The van der Waals surface area contributed by atoms with Gasteiger partial charge in [0.15, 0.2) is 0 Å². The van der Waals surface area contributed by atoms with E-state index in [2.05, 4.69) is 0 Å². The molecule has 0 aromatic rings. The van der Waals surface area contributed by atoms with Crippen molar-refractivity contribution >= 4 is 6.09 Å². The first kappa shape index (κ1) is 14.6. The molecule has 4 heteroatoms. The standard InChI is InChI=1S/C15H28N2O2/c1-15(2,3)19-14(18)17-8-4-5-11(10-17)6-7-12-9-13(12)16/h11-13H,4-10,16H2,1-3H3/t11?,12-,13-/m1/s1. The summed E-state index contributed by atoms with van der Waals surface area (Å²) in [6.45, 7) is 7.45. The molecule has 1 amide bonds. The minimum atomic E-state index is -0.398. The third kappa shape index (κ3) is 4.68. The summed E-state index contributed by atoms with van der Waals surface area (Å²) in [5.74, 6) is 1.38. The molecule has 2 aliphatic rings. The zero-order valence-corrected chi connectivity index (χ0v) is 12.5. The van der Waals surface area contributed by atoms with Gasteiger partial charge in [0.25, 0.3) is 0 Å². The maximum atomic E-state index is 12.0. The van der Waals surface area contributed by atoms with E-state index in [0.29, 0.717) is 12.0 Å². The van der Waals surface area contributed by atoms with Gasteiger partial charge >= 0.3 is 6.09 Å². The number of hydrogen-bond donors (Lipinski definition) is 1. The number of likely N-dealkylation sites (tertiary alicyclic amines) is 1.